The summed E-state index contributed by atoms with van der Waals surface area (Å²) in [4.78, 5) is 17.9. The average Bonchev–Trinajstić information content (AvgIpc) is 2.89. The SMILES string of the molecule is Cc1c(-c2ccc(C#N)cc2)nnc(N2CCC(CNC(=O)c3cccnc3C(F)(F)F)CC2)c1C. The lowest BCUT2D eigenvalue weighted by Crippen LogP contribution is -2.39. The number of carbonyl (C=O) groups excluding carboxylic acids is 1. The van der Waals surface area contributed by atoms with Gasteiger partial charge in [-0.1, -0.05) is 12.1 Å². The number of piperidine rings is 1. The van der Waals surface area contributed by atoms with Crippen molar-refractivity contribution in [3.8, 4) is 17.3 Å². The van der Waals surface area contributed by atoms with Crippen molar-refractivity contribution in [1.82, 2.24) is 20.5 Å². The molecule has 0 spiro atoms. The van der Waals surface area contributed by atoms with E-state index < -0.39 is 23.3 Å². The Morgan fingerprint density at radius 1 is 1.11 bits per heavy atom. The van der Waals surface area contributed by atoms with Gasteiger partial charge in [-0.15, -0.1) is 10.2 Å². The van der Waals surface area contributed by atoms with E-state index in [-0.39, 0.29) is 5.92 Å². The number of nitriles is 1. The van der Waals surface area contributed by atoms with Crippen LogP contribution in [-0.2, 0) is 6.18 Å². The van der Waals surface area contributed by atoms with Crippen LogP contribution in [0.15, 0.2) is 42.6 Å². The molecule has 1 aliphatic heterocycles. The maximum absolute atomic E-state index is 13.2. The largest absolute Gasteiger partial charge is 0.434 e. The van der Waals surface area contributed by atoms with Crippen LogP contribution in [0.1, 0.15) is 45.6 Å². The van der Waals surface area contributed by atoms with Gasteiger partial charge in [-0.2, -0.15) is 18.4 Å². The summed E-state index contributed by atoms with van der Waals surface area (Å²) in [5, 5.41) is 20.6. The molecule has 1 amide bonds. The number of benzene rings is 1. The molecule has 1 saturated heterocycles. The lowest BCUT2D eigenvalue weighted by atomic mass is 9.95. The molecule has 4 rings (SSSR count). The highest BCUT2D eigenvalue weighted by Gasteiger charge is 2.37. The van der Waals surface area contributed by atoms with Gasteiger partial charge in [-0.25, -0.2) is 0 Å². The lowest BCUT2D eigenvalue weighted by Gasteiger charge is -2.33. The molecular formula is C26H25F3N6O. The minimum Gasteiger partial charge on any atom is -0.355 e. The third-order valence-corrected chi connectivity index (χ3v) is 6.57. The number of rotatable bonds is 5. The zero-order valence-electron chi connectivity index (χ0n) is 19.9. The molecule has 1 N–H and O–H groups in total. The van der Waals surface area contributed by atoms with Gasteiger partial charge in [0.15, 0.2) is 11.5 Å². The van der Waals surface area contributed by atoms with E-state index >= 15 is 0 Å². The van der Waals surface area contributed by atoms with Gasteiger partial charge in [0.25, 0.3) is 5.91 Å². The summed E-state index contributed by atoms with van der Waals surface area (Å²) in [5.41, 5.74) is 2.64. The molecule has 10 heteroatoms. The van der Waals surface area contributed by atoms with E-state index in [1.165, 1.54) is 6.07 Å². The Balaban J connectivity index is 1.37. The van der Waals surface area contributed by atoms with Gasteiger partial charge in [-0.05, 0) is 68.0 Å². The maximum atomic E-state index is 13.2. The van der Waals surface area contributed by atoms with Crippen molar-refractivity contribution in [1.29, 1.82) is 5.26 Å². The first kappa shape index (κ1) is 25.1. The molecule has 3 heterocycles. The predicted molar refractivity (Wildman–Crippen MR) is 128 cm³/mol. The molecule has 1 aliphatic rings. The fourth-order valence-electron chi connectivity index (χ4n) is 4.37. The minimum atomic E-state index is -4.69. The number of nitrogens with one attached hydrogen (secondary N) is 1. The van der Waals surface area contributed by atoms with Crippen LogP contribution in [0.2, 0.25) is 0 Å². The number of halogens is 3. The Morgan fingerprint density at radius 2 is 1.81 bits per heavy atom. The van der Waals surface area contributed by atoms with Gasteiger partial charge in [0, 0.05) is 31.4 Å². The highest BCUT2D eigenvalue weighted by Crippen LogP contribution is 2.31. The number of alkyl halides is 3. The van der Waals surface area contributed by atoms with Crippen LogP contribution in [0.5, 0.6) is 0 Å². The van der Waals surface area contributed by atoms with Gasteiger partial charge in [-0.3, -0.25) is 9.78 Å². The predicted octanol–water partition coefficient (Wildman–Crippen LogP) is 4.69. The minimum absolute atomic E-state index is 0.142. The number of hydrogen-bond donors (Lipinski definition) is 1. The van der Waals surface area contributed by atoms with Crippen LogP contribution in [-0.4, -0.2) is 40.7 Å². The molecule has 0 aliphatic carbocycles. The average molecular weight is 495 g/mol. The quantitative estimate of drug-likeness (QED) is 0.553. The van der Waals surface area contributed by atoms with Gasteiger partial charge in [0.1, 0.15) is 0 Å². The van der Waals surface area contributed by atoms with Gasteiger partial charge in [0.05, 0.1) is 22.9 Å². The van der Waals surface area contributed by atoms with E-state index in [9.17, 15) is 18.0 Å². The molecule has 186 valence electrons. The summed E-state index contributed by atoms with van der Waals surface area (Å²) >= 11 is 0. The Hall–Kier alpha value is -4.00. The molecule has 36 heavy (non-hydrogen) atoms. The molecule has 2 aromatic heterocycles. The molecule has 3 aromatic rings. The molecule has 0 saturated carbocycles. The fraction of sp³-hybridized carbons (Fsp3) is 0.346. The van der Waals surface area contributed by atoms with Crippen molar-refractivity contribution in [3.63, 3.8) is 0 Å². The van der Waals surface area contributed by atoms with Crippen molar-refractivity contribution in [2.75, 3.05) is 24.5 Å². The molecule has 0 radical (unpaired) electrons. The van der Waals surface area contributed by atoms with Crippen LogP contribution in [0.3, 0.4) is 0 Å². The standard InChI is InChI=1S/C26H25F3N6O/c1-16-17(2)24(34-33-22(16)20-7-5-18(14-30)6-8-20)35-12-9-19(10-13-35)15-32-25(36)21-4-3-11-31-23(21)26(27,28)29/h3-8,11,19H,9-10,12-13,15H2,1-2H3,(H,32,36). The number of amides is 1. The molecular weight excluding hydrogens is 469 g/mol. The van der Waals surface area contributed by atoms with Crippen LogP contribution >= 0.6 is 0 Å². The molecule has 0 bridgehead atoms. The van der Waals surface area contributed by atoms with Gasteiger partial charge >= 0.3 is 6.18 Å². The summed E-state index contributed by atoms with van der Waals surface area (Å²) in [6.45, 7) is 5.70. The number of anilines is 1. The Bertz CT molecular complexity index is 1290. The van der Waals surface area contributed by atoms with Crippen molar-refractivity contribution >= 4 is 11.7 Å². The number of hydrogen-bond acceptors (Lipinski definition) is 6. The molecule has 0 unspecified atom stereocenters. The van der Waals surface area contributed by atoms with E-state index in [0.29, 0.717) is 25.2 Å². The van der Waals surface area contributed by atoms with Crippen molar-refractivity contribution < 1.29 is 18.0 Å². The second-order valence-corrected chi connectivity index (χ2v) is 8.85. The zero-order valence-corrected chi connectivity index (χ0v) is 19.9. The number of pyridine rings is 1. The van der Waals surface area contributed by atoms with Gasteiger partial charge in [0.2, 0.25) is 0 Å². The summed E-state index contributed by atoms with van der Waals surface area (Å²) in [6.07, 6.45) is -2.14. The van der Waals surface area contributed by atoms with Crippen LogP contribution in [0.25, 0.3) is 11.3 Å². The summed E-state index contributed by atoms with van der Waals surface area (Å²) in [5.74, 6) is 0.176. The van der Waals surface area contributed by atoms with Gasteiger partial charge < -0.3 is 10.2 Å². The van der Waals surface area contributed by atoms with Crippen molar-refractivity contribution in [2.24, 2.45) is 5.92 Å². The molecule has 1 aromatic carbocycles. The summed E-state index contributed by atoms with van der Waals surface area (Å²) in [6, 6.07) is 11.8. The Morgan fingerprint density at radius 3 is 2.44 bits per heavy atom. The third kappa shape index (κ3) is 5.30. The van der Waals surface area contributed by atoms with E-state index in [1.807, 2.05) is 26.0 Å². The van der Waals surface area contributed by atoms with Crippen LogP contribution < -0.4 is 10.2 Å². The fourth-order valence-corrected chi connectivity index (χ4v) is 4.37. The first-order valence-electron chi connectivity index (χ1n) is 11.6. The van der Waals surface area contributed by atoms with E-state index in [1.54, 1.807) is 12.1 Å². The zero-order chi connectivity index (χ0) is 25.9. The second kappa shape index (κ2) is 10.3. The van der Waals surface area contributed by atoms with Crippen molar-refractivity contribution in [2.45, 2.75) is 32.9 Å². The van der Waals surface area contributed by atoms with Crippen molar-refractivity contribution in [3.05, 3.63) is 70.5 Å². The third-order valence-electron chi connectivity index (χ3n) is 6.57. The summed E-state index contributed by atoms with van der Waals surface area (Å²) in [7, 11) is 0. The highest BCUT2D eigenvalue weighted by molar-refractivity contribution is 5.95. The normalized spacial score (nSPS) is 14.4. The number of aromatic nitrogens is 3. The van der Waals surface area contributed by atoms with E-state index in [4.69, 9.17) is 5.26 Å². The number of nitrogens with zero attached hydrogens (tertiary/aromatic N) is 5. The maximum Gasteiger partial charge on any atom is 0.434 e. The summed E-state index contributed by atoms with van der Waals surface area (Å²) < 4.78 is 39.5. The smallest absolute Gasteiger partial charge is 0.355 e. The van der Waals surface area contributed by atoms with Crippen LogP contribution in [0, 0.1) is 31.1 Å². The van der Waals surface area contributed by atoms with Crippen LogP contribution in [0.4, 0.5) is 19.0 Å². The van der Waals surface area contributed by atoms with E-state index in [2.05, 4.69) is 31.5 Å². The number of carbonyl (C=O) groups is 1. The lowest BCUT2D eigenvalue weighted by molar-refractivity contribution is -0.141. The Kier molecular flexibility index (Phi) is 7.20. The van der Waals surface area contributed by atoms with E-state index in [0.717, 1.165) is 53.3 Å². The topological polar surface area (TPSA) is 94.8 Å². The first-order chi connectivity index (χ1) is 17.2. The molecule has 0 atom stereocenters. The first-order valence-corrected chi connectivity index (χ1v) is 11.6. The molecule has 7 nitrogen and oxygen atoms in total. The monoisotopic (exact) mass is 494 g/mol. The Labute approximate surface area is 207 Å². The highest BCUT2D eigenvalue weighted by atomic mass is 19.4. The second-order valence-electron chi connectivity index (χ2n) is 8.85. The molecule has 1 fully saturated rings.